The highest BCUT2D eigenvalue weighted by molar-refractivity contribution is 5.81. The number of pyridine rings is 1. The van der Waals surface area contributed by atoms with Crippen molar-refractivity contribution in [2.75, 3.05) is 5.73 Å². The van der Waals surface area contributed by atoms with Gasteiger partial charge in [0.15, 0.2) is 0 Å². The van der Waals surface area contributed by atoms with Crippen molar-refractivity contribution in [3.8, 4) is 0 Å². The van der Waals surface area contributed by atoms with Crippen LogP contribution in [0.3, 0.4) is 0 Å². The third-order valence-corrected chi connectivity index (χ3v) is 2.34. The Balaban J connectivity index is 0.000000136. The molecule has 0 unspecified atom stereocenters. The molecule has 2 N–H and O–H groups in total. The van der Waals surface area contributed by atoms with Gasteiger partial charge in [-0.3, -0.25) is 4.98 Å². The maximum atomic E-state index is 5.30. The molecule has 0 atom stereocenters. The van der Waals surface area contributed by atoms with E-state index in [1.54, 1.807) is 24.5 Å². The molecule has 3 rings (SSSR count). The Morgan fingerprint density at radius 1 is 0.706 bits per heavy atom. The fourth-order valence-corrected chi connectivity index (χ4v) is 1.51. The van der Waals surface area contributed by atoms with Crippen LogP contribution < -0.4 is 5.73 Å². The summed E-state index contributed by atoms with van der Waals surface area (Å²) in [6.07, 6.45) is 3.30. The van der Waals surface area contributed by atoms with Gasteiger partial charge in [0.1, 0.15) is 0 Å². The molecule has 2 heteroatoms. The van der Waals surface area contributed by atoms with Gasteiger partial charge < -0.3 is 5.73 Å². The highest BCUT2D eigenvalue weighted by Crippen LogP contribution is 2.11. The lowest BCUT2D eigenvalue weighted by Gasteiger charge is -1.92. The zero-order chi connectivity index (χ0) is 11.9. The van der Waals surface area contributed by atoms with E-state index in [4.69, 9.17) is 5.73 Å². The average Bonchev–Trinajstić information content (AvgIpc) is 2.41. The third-order valence-electron chi connectivity index (χ3n) is 2.34. The van der Waals surface area contributed by atoms with Crippen molar-refractivity contribution in [3.63, 3.8) is 0 Å². The fraction of sp³-hybridized carbons (Fsp3) is 0. The van der Waals surface area contributed by atoms with Gasteiger partial charge in [-0.15, -0.1) is 0 Å². The van der Waals surface area contributed by atoms with Crippen LogP contribution in [0.25, 0.3) is 10.8 Å². The summed E-state index contributed by atoms with van der Waals surface area (Å²) in [5, 5.41) is 2.62. The smallest absolute Gasteiger partial charge is 0.0500 e. The summed E-state index contributed by atoms with van der Waals surface area (Å²) < 4.78 is 0. The van der Waals surface area contributed by atoms with Gasteiger partial charge in [-0.25, -0.2) is 0 Å². The number of hydrogen-bond donors (Lipinski definition) is 1. The molecule has 0 amide bonds. The van der Waals surface area contributed by atoms with Gasteiger partial charge in [-0.1, -0.05) is 48.5 Å². The standard InChI is InChI=1S/C10H8.C5H6N2/c1-2-6-10-8-4-3-7-9(10)5-1;6-5-2-1-3-7-4-5/h1-8H;1-4H,6H2. The van der Waals surface area contributed by atoms with Gasteiger partial charge in [-0.2, -0.15) is 0 Å². The van der Waals surface area contributed by atoms with Gasteiger partial charge in [0.05, 0.1) is 5.69 Å². The van der Waals surface area contributed by atoms with Crippen LogP contribution in [0.5, 0.6) is 0 Å². The summed E-state index contributed by atoms with van der Waals surface area (Å²) in [5.74, 6) is 0. The summed E-state index contributed by atoms with van der Waals surface area (Å²) in [6, 6.07) is 20.3. The zero-order valence-corrected chi connectivity index (χ0v) is 9.45. The van der Waals surface area contributed by atoms with Gasteiger partial charge in [0.25, 0.3) is 0 Å². The van der Waals surface area contributed by atoms with Crippen LogP contribution in [0.2, 0.25) is 0 Å². The van der Waals surface area contributed by atoms with Crippen molar-refractivity contribution >= 4 is 16.5 Å². The lowest BCUT2D eigenvalue weighted by atomic mass is 10.1. The molecule has 2 nitrogen and oxygen atoms in total. The normalized spacial score (nSPS) is 9.41. The Kier molecular flexibility index (Phi) is 3.71. The van der Waals surface area contributed by atoms with Crippen LogP contribution in [-0.4, -0.2) is 4.98 Å². The van der Waals surface area contributed by atoms with Crippen molar-refractivity contribution in [2.45, 2.75) is 0 Å². The minimum atomic E-state index is 0.711. The molecule has 17 heavy (non-hydrogen) atoms. The molecule has 0 fully saturated rings. The van der Waals surface area contributed by atoms with Crippen molar-refractivity contribution in [2.24, 2.45) is 0 Å². The first-order valence-electron chi connectivity index (χ1n) is 5.45. The van der Waals surface area contributed by atoms with Gasteiger partial charge in [0, 0.05) is 12.4 Å². The highest BCUT2D eigenvalue weighted by atomic mass is 14.7. The van der Waals surface area contributed by atoms with Gasteiger partial charge in [0.2, 0.25) is 0 Å². The Morgan fingerprint density at radius 3 is 1.53 bits per heavy atom. The largest absolute Gasteiger partial charge is 0.397 e. The van der Waals surface area contributed by atoms with E-state index in [0.717, 1.165) is 0 Å². The maximum Gasteiger partial charge on any atom is 0.0500 e. The predicted molar refractivity (Wildman–Crippen MR) is 72.6 cm³/mol. The summed E-state index contributed by atoms with van der Waals surface area (Å²) in [7, 11) is 0. The number of nitrogen functional groups attached to an aromatic ring is 1. The topological polar surface area (TPSA) is 38.9 Å². The SMILES string of the molecule is Nc1cccnc1.c1ccc2ccccc2c1. The minimum Gasteiger partial charge on any atom is -0.397 e. The average molecular weight is 222 g/mol. The molecule has 84 valence electrons. The Labute approximate surface area is 101 Å². The molecule has 0 saturated carbocycles. The summed E-state index contributed by atoms with van der Waals surface area (Å²) in [4.78, 5) is 3.76. The highest BCUT2D eigenvalue weighted by Gasteiger charge is 1.85. The first kappa shape index (κ1) is 11.1. The quantitative estimate of drug-likeness (QED) is 0.632. The van der Waals surface area contributed by atoms with E-state index in [-0.39, 0.29) is 0 Å². The molecule has 0 saturated heterocycles. The number of benzene rings is 2. The fourth-order valence-electron chi connectivity index (χ4n) is 1.51. The molecular formula is C15H14N2. The Morgan fingerprint density at radius 2 is 1.24 bits per heavy atom. The number of fused-ring (bicyclic) bond motifs is 1. The molecule has 0 aliphatic rings. The van der Waals surface area contributed by atoms with E-state index >= 15 is 0 Å². The van der Waals surface area contributed by atoms with Gasteiger partial charge >= 0.3 is 0 Å². The monoisotopic (exact) mass is 222 g/mol. The van der Waals surface area contributed by atoms with E-state index in [0.29, 0.717) is 5.69 Å². The van der Waals surface area contributed by atoms with Gasteiger partial charge in [-0.05, 0) is 22.9 Å². The Hall–Kier alpha value is -2.35. The van der Waals surface area contributed by atoms with Crippen LogP contribution in [-0.2, 0) is 0 Å². The molecule has 0 radical (unpaired) electrons. The molecule has 0 bridgehead atoms. The van der Waals surface area contributed by atoms with Crippen LogP contribution in [0.15, 0.2) is 73.1 Å². The third kappa shape index (κ3) is 3.31. The lowest BCUT2D eigenvalue weighted by molar-refractivity contribution is 1.33. The molecule has 1 aromatic heterocycles. The second-order valence-corrected chi connectivity index (χ2v) is 3.63. The van der Waals surface area contributed by atoms with E-state index in [1.807, 2.05) is 0 Å². The number of nitrogens with two attached hydrogens (primary N) is 1. The molecule has 0 spiro atoms. The Bertz CT molecular complexity index is 511. The molecular weight excluding hydrogens is 208 g/mol. The van der Waals surface area contributed by atoms with Crippen LogP contribution in [0.4, 0.5) is 5.69 Å². The first-order chi connectivity index (χ1) is 8.36. The number of hydrogen-bond acceptors (Lipinski definition) is 2. The van der Waals surface area contributed by atoms with E-state index in [2.05, 4.69) is 53.5 Å². The van der Waals surface area contributed by atoms with Crippen molar-refractivity contribution < 1.29 is 0 Å². The second kappa shape index (κ2) is 5.66. The van der Waals surface area contributed by atoms with Crippen LogP contribution in [0, 0.1) is 0 Å². The molecule has 2 aromatic carbocycles. The maximum absolute atomic E-state index is 5.30. The summed E-state index contributed by atoms with van der Waals surface area (Å²) in [5.41, 5.74) is 6.01. The zero-order valence-electron chi connectivity index (χ0n) is 9.45. The summed E-state index contributed by atoms with van der Waals surface area (Å²) in [6.45, 7) is 0. The molecule has 0 aliphatic heterocycles. The number of anilines is 1. The van der Waals surface area contributed by atoms with Crippen molar-refractivity contribution in [3.05, 3.63) is 73.1 Å². The lowest BCUT2D eigenvalue weighted by Crippen LogP contribution is -1.82. The number of nitrogens with zero attached hydrogens (tertiary/aromatic N) is 1. The second-order valence-electron chi connectivity index (χ2n) is 3.63. The first-order valence-corrected chi connectivity index (χ1v) is 5.45. The molecule has 1 heterocycles. The molecule has 0 aliphatic carbocycles. The predicted octanol–water partition coefficient (Wildman–Crippen LogP) is 3.50. The van der Waals surface area contributed by atoms with Crippen LogP contribution in [0.1, 0.15) is 0 Å². The van der Waals surface area contributed by atoms with Crippen molar-refractivity contribution in [1.82, 2.24) is 4.98 Å². The van der Waals surface area contributed by atoms with E-state index in [9.17, 15) is 0 Å². The number of aromatic nitrogens is 1. The number of rotatable bonds is 0. The molecule has 3 aromatic rings. The van der Waals surface area contributed by atoms with Crippen molar-refractivity contribution in [1.29, 1.82) is 0 Å². The summed E-state index contributed by atoms with van der Waals surface area (Å²) >= 11 is 0. The van der Waals surface area contributed by atoms with E-state index < -0.39 is 0 Å². The van der Waals surface area contributed by atoms with Crippen LogP contribution >= 0.6 is 0 Å². The van der Waals surface area contributed by atoms with E-state index in [1.165, 1.54) is 10.8 Å². The minimum absolute atomic E-state index is 0.711.